The third-order valence-electron chi connectivity index (χ3n) is 5.24. The van der Waals surface area contributed by atoms with Gasteiger partial charge in [0.05, 0.1) is 0 Å². The minimum Gasteiger partial charge on any atom is -0.208 e. The maximum absolute atomic E-state index is 6.23. The molecule has 1 heterocycles. The maximum atomic E-state index is 6.23. The molecule has 0 unspecified atom stereocenters. The Morgan fingerprint density at radius 1 is 0.548 bits per heavy atom. The second-order valence-corrected chi connectivity index (χ2v) is 7.89. The minimum absolute atomic E-state index is 0.658. The van der Waals surface area contributed by atoms with Crippen LogP contribution in [0.1, 0.15) is 18.4 Å². The van der Waals surface area contributed by atoms with E-state index < -0.39 is 0 Å². The van der Waals surface area contributed by atoms with Gasteiger partial charge in [-0.25, -0.2) is 15.0 Å². The lowest BCUT2D eigenvalue weighted by molar-refractivity contribution is 1.02. The number of hydrogen-bond donors (Lipinski definition) is 0. The molecule has 150 valence electrons. The van der Waals surface area contributed by atoms with Gasteiger partial charge in [0.2, 0.25) is 0 Å². The fraction of sp³-hybridized carbons (Fsp3) is 0.0741. The quantitative estimate of drug-likeness (QED) is 0.350. The van der Waals surface area contributed by atoms with E-state index in [-0.39, 0.29) is 0 Å². The topological polar surface area (TPSA) is 38.7 Å². The SMILES string of the molecule is ClC1=CC(c2ccc(-c3nc(-c4ccccc4)nc(-c4ccccc4)n3)cc2)=CCC1. The highest BCUT2D eigenvalue weighted by Gasteiger charge is 2.12. The van der Waals surface area contributed by atoms with Crippen LogP contribution in [0.15, 0.2) is 102 Å². The highest BCUT2D eigenvalue weighted by Crippen LogP contribution is 2.29. The first-order valence-electron chi connectivity index (χ1n) is 10.3. The highest BCUT2D eigenvalue weighted by atomic mass is 35.5. The molecule has 4 aromatic rings. The fourth-order valence-electron chi connectivity index (χ4n) is 3.62. The zero-order valence-corrected chi connectivity index (χ0v) is 17.6. The van der Waals surface area contributed by atoms with Gasteiger partial charge in [-0.2, -0.15) is 0 Å². The monoisotopic (exact) mass is 421 g/mol. The number of benzene rings is 3. The molecule has 3 aromatic carbocycles. The van der Waals surface area contributed by atoms with E-state index in [1.165, 1.54) is 0 Å². The van der Waals surface area contributed by atoms with Crippen molar-refractivity contribution >= 4 is 17.2 Å². The first-order valence-corrected chi connectivity index (χ1v) is 10.7. The first-order chi connectivity index (χ1) is 15.3. The predicted octanol–water partition coefficient (Wildman–Crippen LogP) is 7.17. The molecule has 0 atom stereocenters. The molecule has 0 amide bonds. The summed E-state index contributed by atoms with van der Waals surface area (Å²) in [6.07, 6.45) is 6.16. The Kier molecular flexibility index (Phi) is 5.42. The van der Waals surface area contributed by atoms with Crippen LogP contribution in [-0.2, 0) is 0 Å². The van der Waals surface area contributed by atoms with Crippen molar-refractivity contribution in [1.29, 1.82) is 0 Å². The minimum atomic E-state index is 0.658. The summed E-state index contributed by atoms with van der Waals surface area (Å²) in [4.78, 5) is 14.3. The van der Waals surface area contributed by atoms with Crippen molar-refractivity contribution in [2.75, 3.05) is 0 Å². The summed E-state index contributed by atoms with van der Waals surface area (Å²) in [5.41, 5.74) is 5.18. The van der Waals surface area contributed by atoms with Crippen LogP contribution in [0, 0.1) is 0 Å². The molecule has 0 N–H and O–H groups in total. The van der Waals surface area contributed by atoms with E-state index in [1.807, 2.05) is 66.7 Å². The van der Waals surface area contributed by atoms with E-state index in [0.29, 0.717) is 17.5 Å². The lowest BCUT2D eigenvalue weighted by Crippen LogP contribution is -2.00. The molecule has 1 aromatic heterocycles. The summed E-state index contributed by atoms with van der Waals surface area (Å²) < 4.78 is 0. The molecule has 1 aliphatic carbocycles. The number of rotatable bonds is 4. The van der Waals surface area contributed by atoms with Crippen molar-refractivity contribution in [3.05, 3.63) is 108 Å². The maximum Gasteiger partial charge on any atom is 0.164 e. The van der Waals surface area contributed by atoms with Crippen LogP contribution in [0.25, 0.3) is 39.7 Å². The van der Waals surface area contributed by atoms with E-state index in [2.05, 4.69) is 30.3 Å². The second kappa shape index (κ2) is 8.66. The van der Waals surface area contributed by atoms with Crippen molar-refractivity contribution in [3.8, 4) is 34.2 Å². The molecule has 5 rings (SSSR count). The molecule has 0 aliphatic heterocycles. The van der Waals surface area contributed by atoms with Gasteiger partial charge in [0, 0.05) is 21.7 Å². The smallest absolute Gasteiger partial charge is 0.164 e. The van der Waals surface area contributed by atoms with Gasteiger partial charge in [-0.3, -0.25) is 0 Å². The number of nitrogens with zero attached hydrogens (tertiary/aromatic N) is 3. The average Bonchev–Trinajstić information content (AvgIpc) is 2.85. The molecule has 0 bridgehead atoms. The van der Waals surface area contributed by atoms with Gasteiger partial charge < -0.3 is 0 Å². The van der Waals surface area contributed by atoms with E-state index >= 15 is 0 Å². The number of allylic oxidation sites excluding steroid dienone is 4. The first kappa shape index (κ1) is 19.4. The van der Waals surface area contributed by atoms with Crippen molar-refractivity contribution in [1.82, 2.24) is 15.0 Å². The molecule has 0 fully saturated rings. The average molecular weight is 422 g/mol. The molecule has 0 saturated heterocycles. The van der Waals surface area contributed by atoms with Crippen molar-refractivity contribution < 1.29 is 0 Å². The van der Waals surface area contributed by atoms with E-state index in [0.717, 1.165) is 45.7 Å². The van der Waals surface area contributed by atoms with Gasteiger partial charge in [0.1, 0.15) is 0 Å². The fourth-order valence-corrected chi connectivity index (χ4v) is 3.84. The third kappa shape index (κ3) is 4.32. The van der Waals surface area contributed by atoms with Gasteiger partial charge in [-0.15, -0.1) is 0 Å². The number of halogens is 1. The van der Waals surface area contributed by atoms with Crippen molar-refractivity contribution in [3.63, 3.8) is 0 Å². The largest absolute Gasteiger partial charge is 0.208 e. The molecule has 0 saturated carbocycles. The second-order valence-electron chi connectivity index (χ2n) is 7.40. The van der Waals surface area contributed by atoms with Crippen molar-refractivity contribution in [2.45, 2.75) is 12.8 Å². The molecule has 3 nitrogen and oxygen atoms in total. The Labute approximate surface area is 186 Å². The van der Waals surface area contributed by atoms with E-state index in [1.54, 1.807) is 0 Å². The Morgan fingerprint density at radius 3 is 1.48 bits per heavy atom. The molecular formula is C27H20ClN3. The number of hydrogen-bond acceptors (Lipinski definition) is 3. The van der Waals surface area contributed by atoms with E-state index in [9.17, 15) is 0 Å². The van der Waals surface area contributed by atoms with E-state index in [4.69, 9.17) is 26.6 Å². The predicted molar refractivity (Wildman–Crippen MR) is 127 cm³/mol. The Bertz CT molecular complexity index is 1200. The lowest BCUT2D eigenvalue weighted by Gasteiger charge is -2.11. The van der Waals surface area contributed by atoms with Crippen LogP contribution < -0.4 is 0 Å². The number of aromatic nitrogens is 3. The van der Waals surface area contributed by atoms with Gasteiger partial charge in [-0.1, -0.05) is 103 Å². The standard InChI is InChI=1S/C27H20ClN3/c28-24-13-7-12-23(18-24)19-14-16-22(17-15-19)27-30-25(20-8-3-1-4-9-20)29-26(31-27)21-10-5-2-6-11-21/h1-6,8-12,14-18H,7,13H2. The Balaban J connectivity index is 1.57. The summed E-state index contributed by atoms with van der Waals surface area (Å²) >= 11 is 6.23. The molecule has 0 radical (unpaired) electrons. The third-order valence-corrected chi connectivity index (χ3v) is 5.53. The van der Waals surface area contributed by atoms with Crippen LogP contribution in [0.5, 0.6) is 0 Å². The Hall–Kier alpha value is -3.56. The molecule has 31 heavy (non-hydrogen) atoms. The van der Waals surface area contributed by atoms with Crippen LogP contribution >= 0.6 is 11.6 Å². The molecule has 0 spiro atoms. The normalized spacial score (nSPS) is 13.5. The molecular weight excluding hydrogens is 402 g/mol. The van der Waals surface area contributed by atoms with Crippen molar-refractivity contribution in [2.24, 2.45) is 0 Å². The molecule has 1 aliphatic rings. The molecule has 4 heteroatoms. The zero-order valence-electron chi connectivity index (χ0n) is 16.9. The summed E-state index contributed by atoms with van der Waals surface area (Å²) in [5.74, 6) is 1.99. The lowest BCUT2D eigenvalue weighted by atomic mass is 9.98. The Morgan fingerprint density at radius 2 is 1.00 bits per heavy atom. The summed E-state index contributed by atoms with van der Waals surface area (Å²) in [6.45, 7) is 0. The highest BCUT2D eigenvalue weighted by molar-refractivity contribution is 6.30. The zero-order chi connectivity index (χ0) is 21.0. The van der Waals surface area contributed by atoms with Crippen LogP contribution in [0.3, 0.4) is 0 Å². The summed E-state index contributed by atoms with van der Waals surface area (Å²) in [7, 11) is 0. The van der Waals surface area contributed by atoms with Gasteiger partial charge in [-0.05, 0) is 30.1 Å². The summed E-state index contributed by atoms with van der Waals surface area (Å²) in [5, 5.41) is 0.902. The van der Waals surface area contributed by atoms with Gasteiger partial charge in [0.25, 0.3) is 0 Å². The van der Waals surface area contributed by atoms with Crippen LogP contribution in [-0.4, -0.2) is 15.0 Å². The van der Waals surface area contributed by atoms with Gasteiger partial charge in [0.15, 0.2) is 17.5 Å². The van der Waals surface area contributed by atoms with Gasteiger partial charge >= 0.3 is 0 Å². The van der Waals surface area contributed by atoms with Crippen LogP contribution in [0.2, 0.25) is 0 Å². The summed E-state index contributed by atoms with van der Waals surface area (Å²) in [6, 6.07) is 28.3. The van der Waals surface area contributed by atoms with Crippen LogP contribution in [0.4, 0.5) is 0 Å².